The molecule has 1 aromatic carbocycles. The molecule has 0 spiro atoms. The number of nitrogens with zero attached hydrogens (tertiary/aromatic N) is 3. The molecule has 1 saturated heterocycles. The normalized spacial score (nSPS) is 16.0. The van der Waals surface area contributed by atoms with Crippen molar-refractivity contribution < 1.29 is 14.5 Å². The van der Waals surface area contributed by atoms with E-state index >= 15 is 0 Å². The minimum absolute atomic E-state index is 0.0321. The van der Waals surface area contributed by atoms with Gasteiger partial charge in [0.1, 0.15) is 0 Å². The minimum atomic E-state index is -0.436. The van der Waals surface area contributed by atoms with Gasteiger partial charge in [0.2, 0.25) is 0 Å². The maximum Gasteiger partial charge on any atom is 0.293 e. The Morgan fingerprint density at radius 2 is 1.85 bits per heavy atom. The molecule has 1 aromatic heterocycles. The third-order valence-electron chi connectivity index (χ3n) is 4.27. The highest BCUT2D eigenvalue weighted by Gasteiger charge is 2.33. The van der Waals surface area contributed by atoms with Crippen molar-refractivity contribution >= 4 is 34.7 Å². The number of hydrogen-bond acceptors (Lipinski definition) is 5. The smallest absolute Gasteiger partial charge is 0.293 e. The first-order chi connectivity index (χ1) is 12.3. The molecular formula is C18H17N3O4S. The van der Waals surface area contributed by atoms with Crippen LogP contribution in [0.25, 0.3) is 11.8 Å². The standard InChI is InChI=1S/C18H17N3O4S/c1-4-19-17(22)16(26-18(19)23)10-13-9-11(2)20(12(13)3)14-5-7-15(8-6-14)21(24)25/h5-10H,4H2,1-3H3/b16-10-. The number of nitro benzene ring substituents is 1. The predicted molar refractivity (Wildman–Crippen MR) is 100 cm³/mol. The first-order valence-corrected chi connectivity index (χ1v) is 8.84. The molecule has 2 aromatic rings. The maximum atomic E-state index is 12.3. The van der Waals surface area contributed by atoms with E-state index in [9.17, 15) is 19.7 Å². The molecule has 8 heteroatoms. The fourth-order valence-corrected chi connectivity index (χ4v) is 3.86. The molecule has 7 nitrogen and oxygen atoms in total. The first-order valence-electron chi connectivity index (χ1n) is 8.02. The van der Waals surface area contributed by atoms with Crippen LogP contribution in [0.3, 0.4) is 0 Å². The maximum absolute atomic E-state index is 12.3. The number of aromatic nitrogens is 1. The van der Waals surface area contributed by atoms with Crippen molar-refractivity contribution in [3.8, 4) is 5.69 Å². The summed E-state index contributed by atoms with van der Waals surface area (Å²) in [5.41, 5.74) is 3.48. The second kappa shape index (κ2) is 6.80. The molecule has 134 valence electrons. The number of nitro groups is 1. The molecule has 1 aliphatic rings. The number of aryl methyl sites for hydroxylation is 1. The largest absolute Gasteiger partial charge is 0.318 e. The lowest BCUT2D eigenvalue weighted by Gasteiger charge is -2.09. The Morgan fingerprint density at radius 1 is 1.19 bits per heavy atom. The average molecular weight is 371 g/mol. The lowest BCUT2D eigenvalue weighted by atomic mass is 10.2. The SMILES string of the molecule is CCN1C(=O)S/C(=C\c2cc(C)n(-c3ccc([N+](=O)[O-])cc3)c2C)C1=O. The number of non-ortho nitro benzene ring substituents is 1. The zero-order valence-electron chi connectivity index (χ0n) is 14.6. The molecule has 2 amide bonds. The van der Waals surface area contributed by atoms with E-state index in [0.717, 1.165) is 34.4 Å². The second-order valence-corrected chi connectivity index (χ2v) is 6.85. The molecule has 0 radical (unpaired) electrons. The van der Waals surface area contributed by atoms with Crippen LogP contribution in [-0.2, 0) is 4.79 Å². The van der Waals surface area contributed by atoms with Crippen LogP contribution in [0.5, 0.6) is 0 Å². The zero-order valence-corrected chi connectivity index (χ0v) is 15.4. The Bertz CT molecular complexity index is 944. The van der Waals surface area contributed by atoms with Gasteiger partial charge in [-0.15, -0.1) is 0 Å². The zero-order chi connectivity index (χ0) is 19.0. The quantitative estimate of drug-likeness (QED) is 0.460. The Hall–Kier alpha value is -2.87. The summed E-state index contributed by atoms with van der Waals surface area (Å²) in [5.74, 6) is -0.275. The molecule has 26 heavy (non-hydrogen) atoms. The summed E-state index contributed by atoms with van der Waals surface area (Å²) < 4.78 is 1.96. The number of rotatable bonds is 4. The van der Waals surface area contributed by atoms with Crippen molar-refractivity contribution in [2.75, 3.05) is 6.54 Å². The van der Waals surface area contributed by atoms with Gasteiger partial charge < -0.3 is 4.57 Å². The van der Waals surface area contributed by atoms with Gasteiger partial charge in [0, 0.05) is 35.8 Å². The highest BCUT2D eigenvalue weighted by molar-refractivity contribution is 8.18. The van der Waals surface area contributed by atoms with Gasteiger partial charge in [0.05, 0.1) is 9.83 Å². The van der Waals surface area contributed by atoms with E-state index < -0.39 is 4.92 Å². The van der Waals surface area contributed by atoms with E-state index in [0.29, 0.717) is 11.4 Å². The molecule has 0 saturated carbocycles. The Labute approximate surface area is 154 Å². The monoisotopic (exact) mass is 371 g/mol. The van der Waals surface area contributed by atoms with Crippen molar-refractivity contribution in [1.29, 1.82) is 0 Å². The van der Waals surface area contributed by atoms with Gasteiger partial charge in [-0.05, 0) is 62.4 Å². The summed E-state index contributed by atoms with van der Waals surface area (Å²) in [7, 11) is 0. The molecule has 1 aliphatic heterocycles. The van der Waals surface area contributed by atoms with Crippen LogP contribution in [0.2, 0.25) is 0 Å². The summed E-state index contributed by atoms with van der Waals surface area (Å²) >= 11 is 0.940. The number of hydrogen-bond donors (Lipinski definition) is 0. The number of amides is 2. The van der Waals surface area contributed by atoms with Gasteiger partial charge in [0.25, 0.3) is 16.8 Å². The molecule has 2 heterocycles. The van der Waals surface area contributed by atoms with Crippen LogP contribution >= 0.6 is 11.8 Å². The van der Waals surface area contributed by atoms with Gasteiger partial charge in [-0.3, -0.25) is 24.6 Å². The van der Waals surface area contributed by atoms with Crippen LogP contribution in [0.4, 0.5) is 10.5 Å². The highest BCUT2D eigenvalue weighted by Crippen LogP contribution is 2.33. The number of likely N-dealkylation sites (N-methyl/N-ethyl adjacent to an activating group) is 1. The molecular weight excluding hydrogens is 354 g/mol. The van der Waals surface area contributed by atoms with Gasteiger partial charge in [-0.25, -0.2) is 0 Å². The van der Waals surface area contributed by atoms with Crippen molar-refractivity contribution in [2.24, 2.45) is 0 Å². The molecule has 1 fully saturated rings. The van der Waals surface area contributed by atoms with Crippen molar-refractivity contribution in [1.82, 2.24) is 9.47 Å². The second-order valence-electron chi connectivity index (χ2n) is 5.86. The van der Waals surface area contributed by atoms with Crippen molar-refractivity contribution in [3.63, 3.8) is 0 Å². The average Bonchev–Trinajstić information content (AvgIpc) is 3.03. The van der Waals surface area contributed by atoms with Gasteiger partial charge >= 0.3 is 0 Å². The summed E-state index contributed by atoms with van der Waals surface area (Å²) in [5, 5.41) is 10.6. The van der Waals surface area contributed by atoms with Gasteiger partial charge in [-0.1, -0.05) is 0 Å². The highest BCUT2D eigenvalue weighted by atomic mass is 32.2. The van der Waals surface area contributed by atoms with Crippen LogP contribution in [0.1, 0.15) is 23.9 Å². The van der Waals surface area contributed by atoms with Gasteiger partial charge in [0.15, 0.2) is 0 Å². The summed E-state index contributed by atoms with van der Waals surface area (Å²) in [6.45, 7) is 5.94. The summed E-state index contributed by atoms with van der Waals surface area (Å²) in [4.78, 5) is 36.1. The molecule has 0 atom stereocenters. The van der Waals surface area contributed by atoms with Crippen molar-refractivity contribution in [3.05, 3.63) is 62.3 Å². The summed E-state index contributed by atoms with van der Waals surface area (Å²) in [6.07, 6.45) is 1.73. The Balaban J connectivity index is 1.99. The van der Waals surface area contributed by atoms with Gasteiger partial charge in [-0.2, -0.15) is 0 Å². The van der Waals surface area contributed by atoms with Crippen LogP contribution < -0.4 is 0 Å². The van der Waals surface area contributed by atoms with Crippen LogP contribution in [-0.4, -0.2) is 32.1 Å². The van der Waals surface area contributed by atoms with E-state index in [2.05, 4.69) is 0 Å². The predicted octanol–water partition coefficient (Wildman–Crippen LogP) is 4.06. The Morgan fingerprint density at radius 3 is 2.38 bits per heavy atom. The summed E-state index contributed by atoms with van der Waals surface area (Å²) in [6, 6.07) is 8.22. The Kier molecular flexibility index (Phi) is 4.69. The fraction of sp³-hybridized carbons (Fsp3) is 0.222. The molecule has 0 bridgehead atoms. The van der Waals surface area contributed by atoms with Crippen molar-refractivity contribution in [2.45, 2.75) is 20.8 Å². The molecule has 0 aliphatic carbocycles. The van der Waals surface area contributed by atoms with Crippen LogP contribution in [0, 0.1) is 24.0 Å². The molecule has 0 N–H and O–H groups in total. The number of carbonyl (C=O) groups is 2. The third-order valence-corrected chi connectivity index (χ3v) is 5.17. The number of thioether (sulfide) groups is 1. The number of carbonyl (C=O) groups excluding carboxylic acids is 2. The lowest BCUT2D eigenvalue weighted by Crippen LogP contribution is -2.27. The topological polar surface area (TPSA) is 85.4 Å². The van der Waals surface area contributed by atoms with E-state index in [1.165, 1.54) is 17.0 Å². The third kappa shape index (κ3) is 3.03. The first kappa shape index (κ1) is 17.9. The molecule has 3 rings (SSSR count). The van der Waals surface area contributed by atoms with E-state index in [1.807, 2.05) is 24.5 Å². The minimum Gasteiger partial charge on any atom is -0.318 e. The number of benzene rings is 1. The molecule has 0 unspecified atom stereocenters. The van der Waals surface area contributed by atoms with E-state index in [-0.39, 0.29) is 16.8 Å². The van der Waals surface area contributed by atoms with E-state index in [4.69, 9.17) is 0 Å². The van der Waals surface area contributed by atoms with E-state index in [1.54, 1.807) is 25.1 Å². The lowest BCUT2D eigenvalue weighted by molar-refractivity contribution is -0.384. The number of imide groups is 1. The van der Waals surface area contributed by atoms with Crippen LogP contribution in [0.15, 0.2) is 35.2 Å². The fourth-order valence-electron chi connectivity index (χ4n) is 2.97.